The maximum Gasteiger partial charge on any atom is 0.314 e. The number of hydrogen-bond donors (Lipinski definition) is 0. The Labute approximate surface area is 171 Å². The number of carbonyl (C=O) groups is 2. The summed E-state index contributed by atoms with van der Waals surface area (Å²) in [6.07, 6.45) is 0. The van der Waals surface area contributed by atoms with Crippen molar-refractivity contribution in [3.05, 3.63) is 34.4 Å². The molecule has 0 bridgehead atoms. The van der Waals surface area contributed by atoms with Crippen LogP contribution >= 0.6 is 23.7 Å². The van der Waals surface area contributed by atoms with Crippen molar-refractivity contribution in [2.24, 2.45) is 9.81 Å². The Morgan fingerprint density at radius 3 is 2.61 bits per heavy atom. The van der Waals surface area contributed by atoms with Crippen molar-refractivity contribution in [1.82, 2.24) is 4.90 Å². The third kappa shape index (κ3) is 4.17. The second-order valence-corrected chi connectivity index (χ2v) is 9.88. The van der Waals surface area contributed by atoms with Crippen LogP contribution in [0.1, 0.15) is 27.7 Å². The smallest absolute Gasteiger partial charge is 0.314 e. The summed E-state index contributed by atoms with van der Waals surface area (Å²) in [6.45, 7) is 7.59. The summed E-state index contributed by atoms with van der Waals surface area (Å²) < 4.78 is 9.84. The van der Waals surface area contributed by atoms with Gasteiger partial charge in [0.2, 0.25) is 0 Å². The number of β-lactam (4-membered cyclic amide) rings is 1. The number of fused-ring (bicyclic) bond motifs is 1. The zero-order valence-electron chi connectivity index (χ0n) is 16.0. The highest BCUT2D eigenvalue weighted by Gasteiger charge is 2.54. The molecule has 2 aliphatic heterocycles. The summed E-state index contributed by atoms with van der Waals surface area (Å²) in [5.41, 5.74) is -0.873. The molecule has 2 atom stereocenters. The molecule has 2 fully saturated rings. The normalized spacial score (nSPS) is 25.9. The van der Waals surface area contributed by atoms with Gasteiger partial charge in [0, 0.05) is 41.3 Å². The molecule has 0 aromatic heterocycles. The number of ether oxygens (including phenoxy) is 1. The lowest BCUT2D eigenvalue weighted by Crippen LogP contribution is -2.67. The van der Waals surface area contributed by atoms with Gasteiger partial charge in [-0.3, -0.25) is 19.7 Å². The van der Waals surface area contributed by atoms with E-state index in [4.69, 9.17) is 4.74 Å². The van der Waals surface area contributed by atoms with Gasteiger partial charge < -0.3 is 9.64 Å². The number of hydrogen-bond acceptors (Lipinski definition) is 8. The van der Waals surface area contributed by atoms with Gasteiger partial charge in [0.15, 0.2) is 0 Å². The summed E-state index contributed by atoms with van der Waals surface area (Å²) in [5, 5.41) is 10.5. The maximum absolute atomic E-state index is 12.5. The van der Waals surface area contributed by atoms with Gasteiger partial charge in [-0.15, -0.1) is 11.8 Å². The van der Waals surface area contributed by atoms with E-state index in [0.717, 1.165) is 11.9 Å². The molecule has 1 aromatic carbocycles. The number of benzene rings is 1. The number of nitro benzene ring substituents is 1. The lowest BCUT2D eigenvalue weighted by atomic mass is 9.90. The quantitative estimate of drug-likeness (QED) is 0.241. The lowest BCUT2D eigenvalue weighted by Gasteiger charge is -2.49. The predicted molar refractivity (Wildman–Crippen MR) is 108 cm³/mol. The third-order valence-corrected chi connectivity index (χ3v) is 6.63. The van der Waals surface area contributed by atoms with Crippen LogP contribution in [0.25, 0.3) is 0 Å². The zero-order chi connectivity index (χ0) is 20.7. The third-order valence-electron chi connectivity index (χ3n) is 4.26. The van der Waals surface area contributed by atoms with Crippen molar-refractivity contribution in [3.63, 3.8) is 0 Å². The van der Waals surface area contributed by atoms with Crippen LogP contribution in [-0.4, -0.2) is 50.7 Å². The molecule has 2 saturated heterocycles. The highest BCUT2D eigenvalue weighted by molar-refractivity contribution is 8.01. The summed E-state index contributed by atoms with van der Waals surface area (Å²) in [4.78, 5) is 37.6. The minimum atomic E-state index is -0.749. The molecule has 0 saturated carbocycles. The van der Waals surface area contributed by atoms with Gasteiger partial charge in [-0.25, -0.2) is 4.40 Å². The Hall–Kier alpha value is -2.07. The van der Waals surface area contributed by atoms with Crippen LogP contribution in [0.15, 0.2) is 33.6 Å². The fourth-order valence-electron chi connectivity index (χ4n) is 2.79. The molecule has 1 unspecified atom stereocenters. The minimum Gasteiger partial charge on any atom is -0.459 e. The Balaban J connectivity index is 1.64. The number of rotatable bonds is 4. The summed E-state index contributed by atoms with van der Waals surface area (Å²) >= 11 is 2.61. The summed E-state index contributed by atoms with van der Waals surface area (Å²) in [5.74, 6) is 0.0446. The average Bonchev–Trinajstić information content (AvgIpc) is 2.61. The van der Waals surface area contributed by atoms with Gasteiger partial charge in [0.1, 0.15) is 16.7 Å². The monoisotopic (exact) mass is 423 g/mol. The fraction of sp³-hybridized carbons (Fsp3) is 0.500. The van der Waals surface area contributed by atoms with E-state index < -0.39 is 15.9 Å². The first-order valence-corrected chi connectivity index (χ1v) is 10.5. The molecule has 8 nitrogen and oxygen atoms in total. The number of thioether (sulfide) groups is 1. The summed E-state index contributed by atoms with van der Waals surface area (Å²) in [6, 6.07) is 6.00. The molecule has 0 radical (unpaired) electrons. The van der Waals surface area contributed by atoms with E-state index in [2.05, 4.69) is 4.40 Å². The molecule has 1 amide bonds. The highest BCUT2D eigenvalue weighted by Crippen LogP contribution is 2.42. The molecule has 0 N–H and O–H groups in total. The Morgan fingerprint density at radius 1 is 1.39 bits per heavy atom. The number of esters is 1. The number of amides is 1. The average molecular weight is 424 g/mol. The SMILES string of the molecule is CC(C)(C)OC(=O)C1(C)CS[C@@H]2C(=NSc3ccc([N+](=O)[O-])cc3)C(=O)N2C1. The van der Waals surface area contributed by atoms with Crippen molar-refractivity contribution in [3.8, 4) is 0 Å². The van der Waals surface area contributed by atoms with Crippen LogP contribution in [0.3, 0.4) is 0 Å². The summed E-state index contributed by atoms with van der Waals surface area (Å²) in [7, 11) is 0. The standard InChI is InChI=1S/C18H21N3O5S2/c1-17(2,3)26-16(23)18(4)9-20-14(22)13(15(20)27-10-18)19-28-12-7-5-11(6-8-12)21(24)25/h5-8,15H,9-10H2,1-4H3/t15-,18?/m1/s1. The van der Waals surface area contributed by atoms with Crippen LogP contribution in [-0.2, 0) is 14.3 Å². The van der Waals surface area contributed by atoms with Gasteiger partial charge in [-0.1, -0.05) is 0 Å². The minimum absolute atomic E-state index is 0.00663. The van der Waals surface area contributed by atoms with Crippen molar-refractivity contribution >= 4 is 47.0 Å². The highest BCUT2D eigenvalue weighted by atomic mass is 32.2. The van der Waals surface area contributed by atoms with Crippen LogP contribution in [0.5, 0.6) is 0 Å². The van der Waals surface area contributed by atoms with Crippen molar-refractivity contribution < 1.29 is 19.2 Å². The van der Waals surface area contributed by atoms with E-state index in [-0.39, 0.29) is 22.9 Å². The first kappa shape index (κ1) is 20.7. The van der Waals surface area contributed by atoms with E-state index in [9.17, 15) is 19.7 Å². The molecule has 10 heteroatoms. The van der Waals surface area contributed by atoms with Crippen molar-refractivity contribution in [2.45, 2.75) is 43.6 Å². The van der Waals surface area contributed by atoms with Gasteiger partial charge in [0.05, 0.1) is 10.3 Å². The molecule has 0 aliphatic carbocycles. The van der Waals surface area contributed by atoms with Gasteiger partial charge >= 0.3 is 5.97 Å². The van der Waals surface area contributed by atoms with Crippen LogP contribution < -0.4 is 0 Å². The van der Waals surface area contributed by atoms with Gasteiger partial charge in [-0.05, 0) is 39.8 Å². The molecule has 3 rings (SSSR count). The number of nitro groups is 1. The second-order valence-electron chi connectivity index (χ2n) is 7.98. The Bertz CT molecular complexity index is 850. The first-order chi connectivity index (χ1) is 13.0. The van der Waals surface area contributed by atoms with Crippen LogP contribution in [0, 0.1) is 15.5 Å². The van der Waals surface area contributed by atoms with E-state index >= 15 is 0 Å². The largest absolute Gasteiger partial charge is 0.459 e. The molecule has 0 spiro atoms. The van der Waals surface area contributed by atoms with Crippen molar-refractivity contribution in [1.29, 1.82) is 0 Å². The van der Waals surface area contributed by atoms with E-state index in [1.54, 1.807) is 17.0 Å². The molecule has 2 heterocycles. The Kier molecular flexibility index (Phi) is 5.46. The molecule has 150 valence electrons. The van der Waals surface area contributed by atoms with Gasteiger partial charge in [-0.2, -0.15) is 0 Å². The molecule has 1 aromatic rings. The van der Waals surface area contributed by atoms with Gasteiger partial charge in [0.25, 0.3) is 11.6 Å². The lowest BCUT2D eigenvalue weighted by molar-refractivity contribution is -0.384. The fourth-order valence-corrected chi connectivity index (χ4v) is 4.89. The first-order valence-electron chi connectivity index (χ1n) is 8.66. The van der Waals surface area contributed by atoms with E-state index in [1.165, 1.54) is 23.9 Å². The number of carbonyl (C=O) groups excluding carboxylic acids is 2. The number of non-ortho nitro benzene ring substituents is 1. The molecule has 2 aliphatic rings. The number of nitrogens with zero attached hydrogens (tertiary/aromatic N) is 3. The molecule has 28 heavy (non-hydrogen) atoms. The molecular formula is C18H21N3O5S2. The van der Waals surface area contributed by atoms with Crippen LogP contribution in [0.2, 0.25) is 0 Å². The van der Waals surface area contributed by atoms with Crippen molar-refractivity contribution in [2.75, 3.05) is 12.3 Å². The predicted octanol–water partition coefficient (Wildman–Crippen LogP) is 3.31. The zero-order valence-corrected chi connectivity index (χ0v) is 17.6. The Morgan fingerprint density at radius 2 is 2.04 bits per heavy atom. The second kappa shape index (κ2) is 7.40. The van der Waals surface area contributed by atoms with E-state index in [1.807, 2.05) is 27.7 Å². The van der Waals surface area contributed by atoms with Crippen LogP contribution in [0.4, 0.5) is 5.69 Å². The van der Waals surface area contributed by atoms with E-state index in [0.29, 0.717) is 22.9 Å². The topological polar surface area (TPSA) is 102 Å². The molecular weight excluding hydrogens is 402 g/mol. The maximum atomic E-state index is 12.5.